The largest absolute Gasteiger partial charge is 0.358 e. The molecule has 2 N–H and O–H groups in total. The summed E-state index contributed by atoms with van der Waals surface area (Å²) in [5.41, 5.74) is 16.0. The van der Waals surface area contributed by atoms with Gasteiger partial charge in [-0.2, -0.15) is 0 Å². The Labute approximate surface area is 235 Å². The van der Waals surface area contributed by atoms with Gasteiger partial charge in [-0.05, 0) is 72.2 Å². The van der Waals surface area contributed by atoms with Crippen LogP contribution in [0.1, 0.15) is 58.3 Å². The molecule has 2 unspecified atom stereocenters. The van der Waals surface area contributed by atoms with Crippen LogP contribution in [0.25, 0.3) is 56.2 Å². The predicted molar refractivity (Wildman–Crippen MR) is 170 cm³/mol. The molecule has 0 saturated heterocycles. The van der Waals surface area contributed by atoms with Crippen LogP contribution in [-0.4, -0.2) is 9.97 Å². The van der Waals surface area contributed by atoms with Crippen molar-refractivity contribution >= 4 is 34.0 Å². The van der Waals surface area contributed by atoms with Crippen molar-refractivity contribution in [3.05, 3.63) is 131 Å². The van der Waals surface area contributed by atoms with Crippen molar-refractivity contribution in [2.75, 3.05) is 0 Å². The van der Waals surface area contributed by atoms with Crippen LogP contribution in [0.15, 0.2) is 97.1 Å². The van der Waals surface area contributed by atoms with E-state index in [-0.39, 0.29) is 0 Å². The lowest BCUT2D eigenvalue weighted by molar-refractivity contribution is 0.642. The summed E-state index contributed by atoms with van der Waals surface area (Å²) in [5.74, 6) is 0.911. The van der Waals surface area contributed by atoms with Gasteiger partial charge in [0.25, 0.3) is 0 Å². The molecule has 6 aromatic rings. The maximum Gasteiger partial charge on any atom is 0.0462 e. The van der Waals surface area contributed by atoms with Crippen LogP contribution in [0.5, 0.6) is 0 Å². The molecule has 2 heterocycles. The Morgan fingerprint density at radius 1 is 0.525 bits per heavy atom. The van der Waals surface area contributed by atoms with Crippen molar-refractivity contribution < 1.29 is 0 Å². The lowest BCUT2D eigenvalue weighted by Crippen LogP contribution is -2.00. The average Bonchev–Trinajstić information content (AvgIpc) is 3.73. The summed E-state index contributed by atoms with van der Waals surface area (Å²) in [6.45, 7) is 4.39. The Hall–Kier alpha value is -4.56. The summed E-state index contributed by atoms with van der Waals surface area (Å²) in [6.07, 6.45) is 11.9. The number of hydrogen-bond donors (Lipinski definition) is 2. The van der Waals surface area contributed by atoms with Gasteiger partial charge in [0.2, 0.25) is 0 Å². The molecule has 0 amide bonds. The quantitative estimate of drug-likeness (QED) is 0.228. The Morgan fingerprint density at radius 3 is 1.45 bits per heavy atom. The SMILES string of the molecule is Cc1[nH]c2ccccc2c1-c1cccc2c1C=CC2CCC1C=Cc2c(-c3c(C)[nH]c4ccccc34)cccc21. The second-order valence-electron chi connectivity index (χ2n) is 11.5. The normalized spacial score (nSPS) is 17.2. The van der Waals surface area contributed by atoms with Crippen LogP contribution in [0, 0.1) is 13.8 Å². The molecule has 0 radical (unpaired) electrons. The van der Waals surface area contributed by atoms with E-state index < -0.39 is 0 Å². The minimum atomic E-state index is 0.456. The molecule has 2 heteroatoms. The molecule has 0 bridgehead atoms. The third-order valence-electron chi connectivity index (χ3n) is 9.18. The fourth-order valence-electron chi connectivity index (χ4n) is 7.36. The van der Waals surface area contributed by atoms with Gasteiger partial charge < -0.3 is 9.97 Å². The fourth-order valence-corrected chi connectivity index (χ4v) is 7.36. The lowest BCUT2D eigenvalue weighted by Gasteiger charge is -2.17. The fraction of sp³-hybridized carbons (Fsp3) is 0.158. The van der Waals surface area contributed by atoms with E-state index in [1.54, 1.807) is 0 Å². The number of benzene rings is 4. The summed E-state index contributed by atoms with van der Waals surface area (Å²) >= 11 is 0. The number of aromatic amines is 2. The highest BCUT2D eigenvalue weighted by Crippen LogP contribution is 2.46. The van der Waals surface area contributed by atoms with Gasteiger partial charge >= 0.3 is 0 Å². The Bertz CT molecular complexity index is 1850. The first-order chi connectivity index (χ1) is 19.7. The van der Waals surface area contributed by atoms with E-state index in [2.05, 4.69) is 133 Å². The molecule has 2 aliphatic rings. The van der Waals surface area contributed by atoms with Crippen molar-refractivity contribution in [3.63, 3.8) is 0 Å². The van der Waals surface area contributed by atoms with Gasteiger partial charge in [-0.25, -0.2) is 0 Å². The molecule has 0 fully saturated rings. The number of allylic oxidation sites excluding steroid dienone is 2. The van der Waals surface area contributed by atoms with Crippen molar-refractivity contribution in [1.29, 1.82) is 0 Å². The number of para-hydroxylation sites is 2. The second kappa shape index (κ2) is 8.99. The van der Waals surface area contributed by atoms with Gasteiger partial charge in [0.05, 0.1) is 0 Å². The summed E-state index contributed by atoms with van der Waals surface area (Å²) in [7, 11) is 0. The van der Waals surface area contributed by atoms with Crippen LogP contribution in [0.4, 0.5) is 0 Å². The zero-order valence-corrected chi connectivity index (χ0v) is 23.0. The van der Waals surface area contributed by atoms with Crippen LogP contribution < -0.4 is 0 Å². The molecule has 0 spiro atoms. The van der Waals surface area contributed by atoms with E-state index in [0.717, 1.165) is 12.8 Å². The molecule has 4 aromatic carbocycles. The molecule has 0 saturated carbocycles. The Kier molecular flexibility index (Phi) is 5.25. The van der Waals surface area contributed by atoms with E-state index in [0.29, 0.717) is 11.8 Å². The summed E-state index contributed by atoms with van der Waals surface area (Å²) in [5, 5.41) is 2.61. The zero-order chi connectivity index (χ0) is 26.8. The van der Waals surface area contributed by atoms with Crippen LogP contribution in [-0.2, 0) is 0 Å². The number of rotatable bonds is 5. The highest BCUT2D eigenvalue weighted by Gasteiger charge is 2.26. The van der Waals surface area contributed by atoms with Gasteiger partial charge in [0.15, 0.2) is 0 Å². The molecule has 2 aliphatic carbocycles. The lowest BCUT2D eigenvalue weighted by atomic mass is 9.86. The zero-order valence-electron chi connectivity index (χ0n) is 23.0. The number of H-pyrrole nitrogens is 2. The van der Waals surface area contributed by atoms with Crippen molar-refractivity contribution in [3.8, 4) is 22.3 Å². The molecule has 2 aromatic heterocycles. The highest BCUT2D eigenvalue weighted by atomic mass is 14.7. The standard InChI is InChI=1S/C38H32N2/c1-23-37(33-9-3-5-15-35(33)39-23)31-13-7-11-27-25(19-21-29(27)31)17-18-26-20-22-30-28(26)12-8-14-32(30)38-24(2)40-36-16-6-4-10-34(36)38/h3-16,19-22,25-26,39-40H,17-18H2,1-2H3. The average molecular weight is 517 g/mol. The third kappa shape index (κ3) is 3.49. The first-order valence-electron chi connectivity index (χ1n) is 14.4. The van der Waals surface area contributed by atoms with Crippen LogP contribution in [0.3, 0.4) is 0 Å². The van der Waals surface area contributed by atoms with Gasteiger partial charge in [0, 0.05) is 56.2 Å². The molecule has 2 atom stereocenters. The minimum Gasteiger partial charge on any atom is -0.358 e. The van der Waals surface area contributed by atoms with Gasteiger partial charge in [0.1, 0.15) is 0 Å². The van der Waals surface area contributed by atoms with E-state index in [1.165, 1.54) is 77.7 Å². The second-order valence-corrected chi connectivity index (χ2v) is 11.5. The first-order valence-corrected chi connectivity index (χ1v) is 14.4. The van der Waals surface area contributed by atoms with E-state index in [4.69, 9.17) is 0 Å². The van der Waals surface area contributed by atoms with Crippen LogP contribution in [0.2, 0.25) is 0 Å². The number of nitrogens with one attached hydrogen (secondary N) is 2. The predicted octanol–water partition coefficient (Wildman–Crippen LogP) is 10.3. The van der Waals surface area contributed by atoms with Gasteiger partial charge in [-0.1, -0.05) is 97.1 Å². The smallest absolute Gasteiger partial charge is 0.0462 e. The number of fused-ring (bicyclic) bond motifs is 4. The monoisotopic (exact) mass is 516 g/mol. The van der Waals surface area contributed by atoms with Crippen LogP contribution >= 0.6 is 0 Å². The summed E-state index contributed by atoms with van der Waals surface area (Å²) in [6, 6.07) is 31.0. The highest BCUT2D eigenvalue weighted by molar-refractivity contribution is 6.01. The molecule has 8 rings (SSSR count). The maximum absolute atomic E-state index is 3.59. The van der Waals surface area contributed by atoms with Crippen molar-refractivity contribution in [2.24, 2.45) is 0 Å². The molecule has 0 aliphatic heterocycles. The van der Waals surface area contributed by atoms with Crippen molar-refractivity contribution in [1.82, 2.24) is 9.97 Å². The third-order valence-corrected chi connectivity index (χ3v) is 9.18. The Morgan fingerprint density at radius 2 is 0.975 bits per heavy atom. The minimum absolute atomic E-state index is 0.456. The first kappa shape index (κ1) is 23.3. The van der Waals surface area contributed by atoms with E-state index in [9.17, 15) is 0 Å². The van der Waals surface area contributed by atoms with Gasteiger partial charge in [-0.15, -0.1) is 0 Å². The molecular formula is C38H32N2. The van der Waals surface area contributed by atoms with E-state index in [1.807, 2.05) is 0 Å². The molecular weight excluding hydrogens is 484 g/mol. The van der Waals surface area contributed by atoms with Crippen molar-refractivity contribution in [2.45, 2.75) is 38.5 Å². The maximum atomic E-state index is 3.59. The van der Waals surface area contributed by atoms with E-state index >= 15 is 0 Å². The molecule has 194 valence electrons. The number of aromatic nitrogens is 2. The Balaban J connectivity index is 1.08. The summed E-state index contributed by atoms with van der Waals surface area (Å²) < 4.78 is 0. The molecule has 2 nitrogen and oxygen atoms in total. The number of hydrogen-bond acceptors (Lipinski definition) is 0. The summed E-state index contributed by atoms with van der Waals surface area (Å²) in [4.78, 5) is 7.19. The topological polar surface area (TPSA) is 31.6 Å². The molecule has 40 heavy (non-hydrogen) atoms. The number of aryl methyl sites for hydroxylation is 2. The van der Waals surface area contributed by atoms with Gasteiger partial charge in [-0.3, -0.25) is 0 Å².